The Morgan fingerprint density at radius 2 is 1.91 bits per heavy atom. The molecular formula is C17H22NO3SSi. The monoisotopic (exact) mass is 348 g/mol. The summed E-state index contributed by atoms with van der Waals surface area (Å²) in [5.41, 5.74) is 1.42. The maximum Gasteiger partial charge on any atom is 0.274 e. The van der Waals surface area contributed by atoms with Crippen molar-refractivity contribution in [2.24, 2.45) is 0 Å². The standard InChI is InChI=1S/C17H22NO3SSi/c1-17(2,3)12-8-7-11(13(19)16-18-9-10-22-16)14(15(12)20-4)21-23(5)6/h7-10H,1-6H3. The third-order valence-corrected chi connectivity index (χ3v) is 4.69. The van der Waals surface area contributed by atoms with Crippen LogP contribution in [-0.2, 0) is 5.41 Å². The van der Waals surface area contributed by atoms with Gasteiger partial charge in [-0.3, -0.25) is 4.79 Å². The predicted molar refractivity (Wildman–Crippen MR) is 95.4 cm³/mol. The Morgan fingerprint density at radius 1 is 1.22 bits per heavy atom. The lowest BCUT2D eigenvalue weighted by Gasteiger charge is -2.25. The van der Waals surface area contributed by atoms with E-state index in [9.17, 15) is 4.79 Å². The van der Waals surface area contributed by atoms with Gasteiger partial charge in [-0.05, 0) is 24.6 Å². The SMILES string of the molecule is COc1c(C(C)(C)C)ccc(C(=O)c2nccs2)c1O[Si](C)C. The van der Waals surface area contributed by atoms with Gasteiger partial charge in [0.25, 0.3) is 9.04 Å². The first-order valence-electron chi connectivity index (χ1n) is 7.39. The Balaban J connectivity index is 2.65. The molecule has 1 heterocycles. The van der Waals surface area contributed by atoms with Crippen LogP contribution >= 0.6 is 11.3 Å². The topological polar surface area (TPSA) is 48.4 Å². The molecule has 0 aliphatic heterocycles. The van der Waals surface area contributed by atoms with Crippen LogP contribution in [0.3, 0.4) is 0 Å². The molecule has 0 saturated heterocycles. The first-order valence-corrected chi connectivity index (χ1v) is 10.7. The van der Waals surface area contributed by atoms with Gasteiger partial charge in [-0.25, -0.2) is 4.98 Å². The third-order valence-electron chi connectivity index (χ3n) is 3.30. The van der Waals surface area contributed by atoms with Crippen molar-refractivity contribution in [3.8, 4) is 11.5 Å². The van der Waals surface area contributed by atoms with E-state index in [1.165, 1.54) is 11.3 Å². The molecule has 1 radical (unpaired) electrons. The van der Waals surface area contributed by atoms with Crippen LogP contribution < -0.4 is 9.16 Å². The van der Waals surface area contributed by atoms with E-state index in [1.54, 1.807) is 18.7 Å². The normalized spacial score (nSPS) is 11.6. The van der Waals surface area contributed by atoms with Gasteiger partial charge in [0.2, 0.25) is 5.78 Å². The zero-order valence-corrected chi connectivity index (χ0v) is 16.2. The lowest BCUT2D eigenvalue weighted by molar-refractivity contribution is 0.103. The summed E-state index contributed by atoms with van der Waals surface area (Å²) in [6, 6.07) is 3.78. The van der Waals surface area contributed by atoms with Gasteiger partial charge in [0.05, 0.1) is 12.7 Å². The molecule has 0 atom stereocenters. The highest BCUT2D eigenvalue weighted by atomic mass is 32.1. The van der Waals surface area contributed by atoms with E-state index >= 15 is 0 Å². The van der Waals surface area contributed by atoms with E-state index in [2.05, 4.69) is 25.8 Å². The second-order valence-electron chi connectivity index (χ2n) is 6.45. The lowest BCUT2D eigenvalue weighted by Crippen LogP contribution is -2.19. The number of carbonyl (C=O) groups is 1. The molecule has 0 spiro atoms. The van der Waals surface area contributed by atoms with E-state index in [0.717, 1.165) is 5.56 Å². The Hall–Kier alpha value is -1.66. The molecule has 0 fully saturated rings. The van der Waals surface area contributed by atoms with Crippen molar-refractivity contribution in [3.05, 3.63) is 39.8 Å². The lowest BCUT2D eigenvalue weighted by atomic mass is 9.85. The van der Waals surface area contributed by atoms with E-state index < -0.39 is 9.04 Å². The van der Waals surface area contributed by atoms with Crippen molar-refractivity contribution in [1.82, 2.24) is 4.98 Å². The molecule has 4 nitrogen and oxygen atoms in total. The Bertz CT molecular complexity index is 691. The van der Waals surface area contributed by atoms with Crippen molar-refractivity contribution in [2.45, 2.75) is 39.3 Å². The maximum absolute atomic E-state index is 12.8. The summed E-state index contributed by atoms with van der Waals surface area (Å²) >= 11 is 1.33. The second kappa shape index (κ2) is 6.84. The van der Waals surface area contributed by atoms with Crippen LogP contribution in [-0.4, -0.2) is 26.9 Å². The summed E-state index contributed by atoms with van der Waals surface area (Å²) in [5.74, 6) is 1.06. The van der Waals surface area contributed by atoms with Crippen LogP contribution in [0.25, 0.3) is 0 Å². The summed E-state index contributed by atoms with van der Waals surface area (Å²) in [7, 11) is 0.565. The molecule has 0 saturated carbocycles. The van der Waals surface area contributed by atoms with Crippen LogP contribution in [0.4, 0.5) is 0 Å². The third kappa shape index (κ3) is 3.82. The van der Waals surface area contributed by atoms with Crippen molar-refractivity contribution < 1.29 is 14.0 Å². The number of ketones is 1. The fraction of sp³-hybridized carbons (Fsp3) is 0.412. The number of hydrogen-bond acceptors (Lipinski definition) is 5. The molecule has 2 aromatic rings. The Kier molecular flexibility index (Phi) is 5.26. The molecule has 0 unspecified atom stereocenters. The smallest absolute Gasteiger partial charge is 0.274 e. The van der Waals surface area contributed by atoms with Gasteiger partial charge >= 0.3 is 0 Å². The molecule has 2 rings (SSSR count). The minimum absolute atomic E-state index is 0.111. The molecule has 123 valence electrons. The molecule has 6 heteroatoms. The van der Waals surface area contributed by atoms with Crippen LogP contribution in [0.5, 0.6) is 11.5 Å². The number of ether oxygens (including phenoxy) is 1. The summed E-state index contributed by atoms with van der Waals surface area (Å²) in [5, 5.41) is 2.25. The summed E-state index contributed by atoms with van der Waals surface area (Å²) in [6.07, 6.45) is 1.63. The molecule has 0 amide bonds. The van der Waals surface area contributed by atoms with E-state index in [-0.39, 0.29) is 11.2 Å². The highest BCUT2D eigenvalue weighted by molar-refractivity contribution is 7.11. The average Bonchev–Trinajstić information content (AvgIpc) is 2.98. The first kappa shape index (κ1) is 17.7. The van der Waals surface area contributed by atoms with Gasteiger partial charge in [-0.1, -0.05) is 26.8 Å². The molecular weight excluding hydrogens is 326 g/mol. The number of benzene rings is 1. The van der Waals surface area contributed by atoms with Gasteiger partial charge in [-0.15, -0.1) is 11.3 Å². The first-order chi connectivity index (χ1) is 10.8. The number of carbonyl (C=O) groups excluding carboxylic acids is 1. The van der Waals surface area contributed by atoms with Crippen LogP contribution in [0.1, 0.15) is 41.7 Å². The van der Waals surface area contributed by atoms with E-state index in [4.69, 9.17) is 9.16 Å². The van der Waals surface area contributed by atoms with E-state index in [1.807, 2.05) is 25.2 Å². The predicted octanol–water partition coefficient (Wildman–Crippen LogP) is 4.31. The number of rotatable bonds is 5. The second-order valence-corrected chi connectivity index (χ2v) is 9.36. The number of nitrogens with zero attached hydrogens (tertiary/aromatic N) is 1. The molecule has 23 heavy (non-hydrogen) atoms. The van der Waals surface area contributed by atoms with Crippen molar-refractivity contribution in [3.63, 3.8) is 0 Å². The number of hydrogen-bond donors (Lipinski definition) is 0. The molecule has 0 aliphatic carbocycles. The van der Waals surface area contributed by atoms with Crippen molar-refractivity contribution in [1.29, 1.82) is 0 Å². The largest absolute Gasteiger partial charge is 0.540 e. The Morgan fingerprint density at radius 3 is 2.39 bits per heavy atom. The van der Waals surface area contributed by atoms with Gasteiger partial charge in [-0.2, -0.15) is 0 Å². The molecule has 0 N–H and O–H groups in total. The summed E-state index contributed by atoms with van der Waals surface area (Å²) < 4.78 is 11.7. The zero-order chi connectivity index (χ0) is 17.2. The molecule has 0 bridgehead atoms. The van der Waals surface area contributed by atoms with E-state index in [0.29, 0.717) is 22.1 Å². The minimum atomic E-state index is -1.05. The highest BCUT2D eigenvalue weighted by Gasteiger charge is 2.28. The summed E-state index contributed by atoms with van der Waals surface area (Å²) in [4.78, 5) is 16.9. The van der Waals surface area contributed by atoms with Crippen molar-refractivity contribution in [2.75, 3.05) is 7.11 Å². The number of aromatic nitrogens is 1. The van der Waals surface area contributed by atoms with Crippen molar-refractivity contribution >= 4 is 26.2 Å². The number of thiazole rings is 1. The fourth-order valence-corrected chi connectivity index (χ4v) is 3.49. The quantitative estimate of drug-likeness (QED) is 0.597. The summed E-state index contributed by atoms with van der Waals surface area (Å²) in [6.45, 7) is 10.4. The highest BCUT2D eigenvalue weighted by Crippen LogP contribution is 2.41. The van der Waals surface area contributed by atoms with Crippen LogP contribution in [0.15, 0.2) is 23.7 Å². The van der Waals surface area contributed by atoms with Gasteiger partial charge in [0, 0.05) is 17.1 Å². The van der Waals surface area contributed by atoms with Gasteiger partial charge in [0.15, 0.2) is 16.5 Å². The average molecular weight is 349 g/mol. The number of methoxy groups -OCH3 is 1. The van der Waals surface area contributed by atoms with Gasteiger partial charge < -0.3 is 9.16 Å². The molecule has 0 aliphatic rings. The Labute approximate surface area is 143 Å². The van der Waals surface area contributed by atoms with Crippen LogP contribution in [0, 0.1) is 0 Å². The van der Waals surface area contributed by atoms with Gasteiger partial charge in [0.1, 0.15) is 0 Å². The molecule has 1 aromatic heterocycles. The maximum atomic E-state index is 12.8. The van der Waals surface area contributed by atoms with Crippen LogP contribution in [0.2, 0.25) is 13.1 Å². The molecule has 1 aromatic carbocycles. The zero-order valence-electron chi connectivity index (χ0n) is 14.4. The fourth-order valence-electron chi connectivity index (χ4n) is 2.29. The minimum Gasteiger partial charge on any atom is -0.540 e.